The standard InChI is InChI=1S/C7H12N6O/c1-13(2)12-7(14)5-3-9-4-6(10-5)11-8/h3-4H,8H2,1-2H3,(H,10,11)(H,12,14). The van der Waals surface area contributed by atoms with Gasteiger partial charge in [-0.2, -0.15) is 0 Å². The van der Waals surface area contributed by atoms with Gasteiger partial charge in [0, 0.05) is 14.1 Å². The third-order valence-corrected chi connectivity index (χ3v) is 1.34. The summed E-state index contributed by atoms with van der Waals surface area (Å²) in [5, 5.41) is 1.52. The number of hydrogen-bond donors (Lipinski definition) is 3. The predicted molar refractivity (Wildman–Crippen MR) is 51.0 cm³/mol. The van der Waals surface area contributed by atoms with Gasteiger partial charge in [-0.3, -0.25) is 15.2 Å². The zero-order chi connectivity index (χ0) is 10.6. The van der Waals surface area contributed by atoms with Crippen LogP contribution in [0.1, 0.15) is 10.5 Å². The molecule has 0 saturated carbocycles. The van der Waals surface area contributed by atoms with Crippen molar-refractivity contribution in [3.05, 3.63) is 18.1 Å². The minimum Gasteiger partial charge on any atom is -0.307 e. The van der Waals surface area contributed by atoms with Gasteiger partial charge in [0.05, 0.1) is 12.4 Å². The van der Waals surface area contributed by atoms with Crippen LogP contribution in [0, 0.1) is 0 Å². The molecule has 14 heavy (non-hydrogen) atoms. The minimum atomic E-state index is -0.334. The quantitative estimate of drug-likeness (QED) is 0.422. The Morgan fingerprint density at radius 3 is 2.79 bits per heavy atom. The van der Waals surface area contributed by atoms with Crippen molar-refractivity contribution in [3.8, 4) is 0 Å². The molecule has 0 spiro atoms. The van der Waals surface area contributed by atoms with Gasteiger partial charge in [0.1, 0.15) is 5.69 Å². The molecule has 0 bridgehead atoms. The molecule has 1 heterocycles. The first-order valence-corrected chi connectivity index (χ1v) is 3.90. The first kappa shape index (κ1) is 10.4. The minimum absolute atomic E-state index is 0.203. The fourth-order valence-corrected chi connectivity index (χ4v) is 0.805. The van der Waals surface area contributed by atoms with E-state index in [1.54, 1.807) is 14.1 Å². The molecule has 0 saturated heterocycles. The molecule has 0 unspecified atom stereocenters. The molecule has 0 fully saturated rings. The highest BCUT2D eigenvalue weighted by Gasteiger charge is 2.08. The Morgan fingerprint density at radius 1 is 1.50 bits per heavy atom. The van der Waals surface area contributed by atoms with Crippen molar-refractivity contribution in [3.63, 3.8) is 0 Å². The molecule has 1 aromatic rings. The van der Waals surface area contributed by atoms with Gasteiger partial charge in [-0.05, 0) is 0 Å². The molecule has 1 amide bonds. The number of anilines is 1. The summed E-state index contributed by atoms with van der Waals surface area (Å²) in [4.78, 5) is 19.1. The van der Waals surface area contributed by atoms with E-state index in [0.717, 1.165) is 0 Å². The smallest absolute Gasteiger partial charge is 0.285 e. The molecule has 0 aliphatic rings. The number of amides is 1. The molecule has 0 aliphatic heterocycles. The van der Waals surface area contributed by atoms with Crippen LogP contribution < -0.4 is 16.7 Å². The normalized spacial score (nSPS) is 10.0. The molecule has 1 rings (SSSR count). The van der Waals surface area contributed by atoms with Crippen LogP contribution in [0.4, 0.5) is 5.82 Å². The summed E-state index contributed by atoms with van der Waals surface area (Å²) in [6.07, 6.45) is 2.78. The van der Waals surface area contributed by atoms with E-state index in [9.17, 15) is 4.79 Å². The monoisotopic (exact) mass is 196 g/mol. The second-order valence-electron chi connectivity index (χ2n) is 2.77. The first-order valence-electron chi connectivity index (χ1n) is 3.90. The van der Waals surface area contributed by atoms with E-state index < -0.39 is 0 Å². The fourth-order valence-electron chi connectivity index (χ4n) is 0.805. The maximum absolute atomic E-state index is 11.4. The van der Waals surface area contributed by atoms with Gasteiger partial charge in [0.25, 0.3) is 5.91 Å². The molecule has 7 nitrogen and oxygen atoms in total. The number of rotatable bonds is 3. The number of nitrogens with zero attached hydrogens (tertiary/aromatic N) is 3. The zero-order valence-corrected chi connectivity index (χ0v) is 7.98. The van der Waals surface area contributed by atoms with Gasteiger partial charge in [-0.15, -0.1) is 0 Å². The van der Waals surface area contributed by atoms with E-state index >= 15 is 0 Å². The Hall–Kier alpha value is -1.73. The van der Waals surface area contributed by atoms with Crippen LogP contribution in [-0.4, -0.2) is 35.0 Å². The zero-order valence-electron chi connectivity index (χ0n) is 7.98. The molecule has 76 valence electrons. The average molecular weight is 196 g/mol. The van der Waals surface area contributed by atoms with Crippen molar-refractivity contribution in [2.24, 2.45) is 5.84 Å². The number of aromatic nitrogens is 2. The molecule has 7 heteroatoms. The fraction of sp³-hybridized carbons (Fsp3) is 0.286. The second-order valence-corrected chi connectivity index (χ2v) is 2.77. The molecule has 1 aromatic heterocycles. The molecule has 0 radical (unpaired) electrons. The third-order valence-electron chi connectivity index (χ3n) is 1.34. The number of nitrogens with one attached hydrogen (secondary N) is 2. The number of carbonyl (C=O) groups is 1. The van der Waals surface area contributed by atoms with Crippen molar-refractivity contribution in [1.29, 1.82) is 0 Å². The van der Waals surface area contributed by atoms with Crippen LogP contribution in [0.5, 0.6) is 0 Å². The third kappa shape index (κ3) is 2.64. The molecule has 0 aromatic carbocycles. The highest BCUT2D eigenvalue weighted by Crippen LogP contribution is 1.99. The van der Waals surface area contributed by atoms with Crippen molar-refractivity contribution in [1.82, 2.24) is 20.4 Å². The van der Waals surface area contributed by atoms with E-state index in [2.05, 4.69) is 20.8 Å². The summed E-state index contributed by atoms with van der Waals surface area (Å²) in [7, 11) is 3.41. The average Bonchev–Trinajstić information content (AvgIpc) is 2.17. The molecule has 4 N–H and O–H groups in total. The van der Waals surface area contributed by atoms with Gasteiger partial charge in [-0.1, -0.05) is 0 Å². The van der Waals surface area contributed by atoms with Gasteiger partial charge in [0.2, 0.25) is 0 Å². The molecule has 0 aliphatic carbocycles. The van der Waals surface area contributed by atoms with Crippen LogP contribution in [0.25, 0.3) is 0 Å². The van der Waals surface area contributed by atoms with Gasteiger partial charge in [-0.25, -0.2) is 15.8 Å². The number of carbonyl (C=O) groups excluding carboxylic acids is 1. The van der Waals surface area contributed by atoms with Gasteiger partial charge < -0.3 is 5.43 Å². The number of hydrazine groups is 2. The Labute approximate surface area is 81.3 Å². The lowest BCUT2D eigenvalue weighted by Gasteiger charge is -2.11. The lowest BCUT2D eigenvalue weighted by Crippen LogP contribution is -2.36. The topological polar surface area (TPSA) is 96.2 Å². The Balaban J connectivity index is 2.79. The van der Waals surface area contributed by atoms with E-state index in [1.807, 2.05) is 0 Å². The SMILES string of the molecule is CN(C)NC(=O)c1cncc(NN)n1. The summed E-state index contributed by atoms with van der Waals surface area (Å²) < 4.78 is 0. The number of hydrogen-bond acceptors (Lipinski definition) is 6. The Morgan fingerprint density at radius 2 is 2.21 bits per heavy atom. The maximum Gasteiger partial charge on any atom is 0.285 e. The van der Waals surface area contributed by atoms with Crippen molar-refractivity contribution < 1.29 is 4.79 Å². The highest BCUT2D eigenvalue weighted by molar-refractivity contribution is 5.91. The summed E-state index contributed by atoms with van der Waals surface area (Å²) in [5.74, 6) is 5.14. The number of nitrogen functional groups attached to an aromatic ring is 1. The summed E-state index contributed by atoms with van der Waals surface area (Å²) in [5.41, 5.74) is 5.04. The highest BCUT2D eigenvalue weighted by atomic mass is 16.2. The molecule has 0 atom stereocenters. The van der Waals surface area contributed by atoms with Crippen LogP contribution in [-0.2, 0) is 0 Å². The summed E-state index contributed by atoms with van der Waals surface area (Å²) >= 11 is 0. The molecular weight excluding hydrogens is 184 g/mol. The van der Waals surface area contributed by atoms with Crippen LogP contribution in [0.15, 0.2) is 12.4 Å². The number of nitrogens with two attached hydrogens (primary N) is 1. The van der Waals surface area contributed by atoms with E-state index in [0.29, 0.717) is 5.82 Å². The summed E-state index contributed by atoms with van der Waals surface area (Å²) in [6, 6.07) is 0. The first-order chi connectivity index (χ1) is 6.63. The van der Waals surface area contributed by atoms with Crippen molar-refractivity contribution >= 4 is 11.7 Å². The second kappa shape index (κ2) is 4.49. The van der Waals surface area contributed by atoms with Crippen molar-refractivity contribution in [2.75, 3.05) is 19.5 Å². The van der Waals surface area contributed by atoms with Gasteiger partial charge >= 0.3 is 0 Å². The largest absolute Gasteiger partial charge is 0.307 e. The lowest BCUT2D eigenvalue weighted by atomic mass is 10.4. The molecular formula is C7H12N6O. The van der Waals surface area contributed by atoms with E-state index in [4.69, 9.17) is 5.84 Å². The Bertz CT molecular complexity index is 326. The van der Waals surface area contributed by atoms with Crippen molar-refractivity contribution in [2.45, 2.75) is 0 Å². The lowest BCUT2D eigenvalue weighted by molar-refractivity contribution is 0.0851. The van der Waals surface area contributed by atoms with Crippen LogP contribution in [0.3, 0.4) is 0 Å². The van der Waals surface area contributed by atoms with Crippen LogP contribution in [0.2, 0.25) is 0 Å². The predicted octanol–water partition coefficient (Wildman–Crippen LogP) is -1.03. The van der Waals surface area contributed by atoms with E-state index in [1.165, 1.54) is 17.4 Å². The van der Waals surface area contributed by atoms with Gasteiger partial charge in [0.15, 0.2) is 5.82 Å². The Kier molecular flexibility index (Phi) is 3.32. The van der Waals surface area contributed by atoms with Crippen LogP contribution >= 0.6 is 0 Å². The summed E-state index contributed by atoms with van der Waals surface area (Å²) in [6.45, 7) is 0. The van der Waals surface area contributed by atoms with E-state index in [-0.39, 0.29) is 11.6 Å². The maximum atomic E-state index is 11.4.